The largest absolute Gasteiger partial charge is 0.497 e. The lowest BCUT2D eigenvalue weighted by atomic mass is 10.0. The van der Waals surface area contributed by atoms with Crippen LogP contribution in [0.15, 0.2) is 56.8 Å². The summed E-state index contributed by atoms with van der Waals surface area (Å²) in [6.07, 6.45) is 1.77. The predicted octanol–water partition coefficient (Wildman–Crippen LogP) is 2.88. The molecule has 4 rings (SSSR count). The van der Waals surface area contributed by atoms with E-state index in [4.69, 9.17) is 14.2 Å². The van der Waals surface area contributed by atoms with Gasteiger partial charge >= 0.3 is 5.97 Å². The molecule has 0 amide bonds. The molecule has 0 saturated carbocycles. The first-order valence-corrected chi connectivity index (χ1v) is 11.6. The predicted molar refractivity (Wildman–Crippen MR) is 124 cm³/mol. The summed E-state index contributed by atoms with van der Waals surface area (Å²) in [6.45, 7) is 3.77. The number of hydrogen-bond donors (Lipinski definition) is 0. The van der Waals surface area contributed by atoms with Gasteiger partial charge in [-0.1, -0.05) is 17.4 Å². The number of thiazole rings is 1. The highest BCUT2D eigenvalue weighted by atomic mass is 32.1. The average molecular weight is 471 g/mol. The Balaban J connectivity index is 1.92. The van der Waals surface area contributed by atoms with Crippen LogP contribution >= 0.6 is 22.7 Å². The van der Waals surface area contributed by atoms with Gasteiger partial charge in [-0.05, 0) is 43.5 Å². The lowest BCUT2D eigenvalue weighted by molar-refractivity contribution is -0.139. The second-order valence-electron chi connectivity index (χ2n) is 6.93. The van der Waals surface area contributed by atoms with Gasteiger partial charge in [0, 0.05) is 16.5 Å². The summed E-state index contributed by atoms with van der Waals surface area (Å²) in [7, 11) is 3.15. The molecule has 0 saturated heterocycles. The molecule has 1 atom stereocenters. The molecule has 1 aromatic carbocycles. The SMILES string of the molecule is CCOC(=O)C1=C(C)N=c2sc(=Cc3ccc(OC)cc3OC)c(=O)n2C1c1cccs1. The Bertz CT molecular complexity index is 1370. The lowest BCUT2D eigenvalue weighted by Gasteiger charge is -2.23. The number of esters is 1. The van der Waals surface area contributed by atoms with Crippen LogP contribution in [0.4, 0.5) is 0 Å². The van der Waals surface area contributed by atoms with E-state index in [1.165, 1.54) is 22.7 Å². The van der Waals surface area contributed by atoms with Crippen molar-refractivity contribution in [2.75, 3.05) is 20.8 Å². The van der Waals surface area contributed by atoms with Gasteiger partial charge in [0.2, 0.25) is 0 Å². The van der Waals surface area contributed by atoms with E-state index in [0.29, 0.717) is 32.1 Å². The van der Waals surface area contributed by atoms with Gasteiger partial charge in [0.05, 0.1) is 36.6 Å². The molecule has 3 heterocycles. The van der Waals surface area contributed by atoms with Crippen molar-refractivity contribution in [3.63, 3.8) is 0 Å². The van der Waals surface area contributed by atoms with E-state index in [1.807, 2.05) is 29.6 Å². The monoisotopic (exact) mass is 470 g/mol. The summed E-state index contributed by atoms with van der Waals surface area (Å²) in [5.41, 5.74) is 1.46. The second kappa shape index (κ2) is 9.13. The maximum absolute atomic E-state index is 13.5. The van der Waals surface area contributed by atoms with Gasteiger partial charge in [0.25, 0.3) is 5.56 Å². The average Bonchev–Trinajstić information content (AvgIpc) is 3.42. The van der Waals surface area contributed by atoms with Crippen molar-refractivity contribution >= 4 is 34.7 Å². The van der Waals surface area contributed by atoms with Crippen molar-refractivity contribution in [3.8, 4) is 11.5 Å². The van der Waals surface area contributed by atoms with Crippen LogP contribution in [0, 0.1) is 0 Å². The van der Waals surface area contributed by atoms with Gasteiger partial charge in [-0.3, -0.25) is 9.36 Å². The van der Waals surface area contributed by atoms with E-state index in [1.54, 1.807) is 44.8 Å². The molecule has 166 valence electrons. The molecule has 0 radical (unpaired) electrons. The van der Waals surface area contributed by atoms with E-state index in [9.17, 15) is 9.59 Å². The van der Waals surface area contributed by atoms with E-state index < -0.39 is 12.0 Å². The highest BCUT2D eigenvalue weighted by Gasteiger charge is 2.33. The number of thiophene rings is 1. The summed E-state index contributed by atoms with van der Waals surface area (Å²) < 4.78 is 18.1. The molecule has 1 unspecified atom stereocenters. The molecule has 2 aromatic heterocycles. The van der Waals surface area contributed by atoms with Crippen molar-refractivity contribution in [2.45, 2.75) is 19.9 Å². The zero-order chi connectivity index (χ0) is 22.8. The number of benzene rings is 1. The summed E-state index contributed by atoms with van der Waals surface area (Å²) in [5.74, 6) is 0.791. The molecular weight excluding hydrogens is 448 g/mol. The quantitative estimate of drug-likeness (QED) is 0.518. The maximum atomic E-state index is 13.5. The molecule has 7 nitrogen and oxygen atoms in total. The molecule has 9 heteroatoms. The summed E-state index contributed by atoms with van der Waals surface area (Å²) in [6, 6.07) is 8.64. The van der Waals surface area contributed by atoms with Crippen LogP contribution in [0.2, 0.25) is 0 Å². The van der Waals surface area contributed by atoms with E-state index in [0.717, 1.165) is 10.4 Å². The van der Waals surface area contributed by atoms with Crippen LogP contribution in [0.25, 0.3) is 6.08 Å². The zero-order valence-corrected chi connectivity index (χ0v) is 19.7. The number of nitrogens with zero attached hydrogens (tertiary/aromatic N) is 2. The van der Waals surface area contributed by atoms with E-state index >= 15 is 0 Å². The Morgan fingerprint density at radius 3 is 2.72 bits per heavy atom. The fourth-order valence-electron chi connectivity index (χ4n) is 3.59. The second-order valence-corrected chi connectivity index (χ2v) is 8.91. The zero-order valence-electron chi connectivity index (χ0n) is 18.1. The Labute approximate surface area is 192 Å². The Morgan fingerprint density at radius 1 is 1.25 bits per heavy atom. The number of fused-ring (bicyclic) bond motifs is 1. The molecule has 0 aliphatic carbocycles. The maximum Gasteiger partial charge on any atom is 0.338 e. The minimum Gasteiger partial charge on any atom is -0.497 e. The number of hydrogen-bond acceptors (Lipinski definition) is 8. The molecule has 0 spiro atoms. The Kier molecular flexibility index (Phi) is 6.29. The molecule has 32 heavy (non-hydrogen) atoms. The van der Waals surface area contributed by atoms with Gasteiger partial charge in [0.15, 0.2) is 4.80 Å². The first kappa shape index (κ1) is 22.0. The van der Waals surface area contributed by atoms with Crippen molar-refractivity contribution in [1.82, 2.24) is 4.57 Å². The van der Waals surface area contributed by atoms with Gasteiger partial charge in [-0.15, -0.1) is 11.3 Å². The van der Waals surface area contributed by atoms with Crippen LogP contribution in [0.5, 0.6) is 11.5 Å². The number of allylic oxidation sites excluding steroid dienone is 1. The summed E-state index contributed by atoms with van der Waals surface area (Å²) >= 11 is 2.76. The van der Waals surface area contributed by atoms with Crippen LogP contribution in [-0.2, 0) is 9.53 Å². The third-order valence-electron chi connectivity index (χ3n) is 5.06. The van der Waals surface area contributed by atoms with Gasteiger partial charge in [-0.2, -0.15) is 0 Å². The van der Waals surface area contributed by atoms with Crippen LogP contribution in [0.1, 0.15) is 30.3 Å². The molecule has 3 aromatic rings. The normalized spacial score (nSPS) is 15.9. The first-order chi connectivity index (χ1) is 15.5. The molecular formula is C23H22N2O5S2. The van der Waals surface area contributed by atoms with Crippen LogP contribution < -0.4 is 24.4 Å². The minimum atomic E-state index is -0.579. The standard InChI is InChI=1S/C23H22N2O5S2/c1-5-30-22(27)19-13(2)24-23-25(20(19)17-7-6-10-31-17)21(26)18(32-23)11-14-8-9-15(28-3)12-16(14)29-4/h6-12,20H,5H2,1-4H3. The molecule has 1 aliphatic heterocycles. The number of ether oxygens (including phenoxy) is 3. The van der Waals surface area contributed by atoms with Gasteiger partial charge in [0.1, 0.15) is 17.5 Å². The molecule has 1 aliphatic rings. The van der Waals surface area contributed by atoms with Gasteiger partial charge in [-0.25, -0.2) is 9.79 Å². The number of carbonyl (C=O) groups is 1. The highest BCUT2D eigenvalue weighted by Crippen LogP contribution is 2.33. The van der Waals surface area contributed by atoms with E-state index in [2.05, 4.69) is 4.99 Å². The third kappa shape index (κ3) is 3.89. The Morgan fingerprint density at radius 2 is 2.06 bits per heavy atom. The summed E-state index contributed by atoms with van der Waals surface area (Å²) in [4.78, 5) is 32.3. The number of methoxy groups -OCH3 is 2. The number of aromatic nitrogens is 1. The number of carbonyl (C=O) groups excluding carboxylic acids is 1. The minimum absolute atomic E-state index is 0.223. The topological polar surface area (TPSA) is 79.1 Å². The fraction of sp³-hybridized carbons (Fsp3) is 0.261. The van der Waals surface area contributed by atoms with Crippen LogP contribution in [0.3, 0.4) is 0 Å². The Hall–Kier alpha value is -3.17. The number of rotatable bonds is 6. The van der Waals surface area contributed by atoms with Crippen LogP contribution in [-0.4, -0.2) is 31.4 Å². The van der Waals surface area contributed by atoms with Crippen molar-refractivity contribution in [3.05, 3.63) is 77.1 Å². The first-order valence-electron chi connectivity index (χ1n) is 9.93. The third-order valence-corrected chi connectivity index (χ3v) is 6.96. The molecule has 0 fully saturated rings. The fourth-order valence-corrected chi connectivity index (χ4v) is 5.45. The van der Waals surface area contributed by atoms with Crippen molar-refractivity contribution < 1.29 is 19.0 Å². The van der Waals surface area contributed by atoms with E-state index in [-0.39, 0.29) is 12.2 Å². The highest BCUT2D eigenvalue weighted by molar-refractivity contribution is 7.10. The molecule has 0 bridgehead atoms. The molecule has 0 N–H and O–H groups in total. The lowest BCUT2D eigenvalue weighted by Crippen LogP contribution is -2.39. The van der Waals surface area contributed by atoms with Crippen molar-refractivity contribution in [1.29, 1.82) is 0 Å². The summed E-state index contributed by atoms with van der Waals surface area (Å²) in [5, 5.41) is 1.92. The van der Waals surface area contributed by atoms with Crippen molar-refractivity contribution in [2.24, 2.45) is 4.99 Å². The smallest absolute Gasteiger partial charge is 0.338 e. The van der Waals surface area contributed by atoms with Gasteiger partial charge < -0.3 is 14.2 Å².